The van der Waals surface area contributed by atoms with Crippen LogP contribution >= 0.6 is 11.3 Å². The quantitative estimate of drug-likeness (QED) is 0.159. The lowest BCUT2D eigenvalue weighted by Gasteiger charge is -2.48. The lowest BCUT2D eigenvalue weighted by molar-refractivity contribution is 0.332. The lowest BCUT2D eigenvalue weighted by atomic mass is 9.35. The largest absolute Gasteiger partial charge is 0.342 e. The van der Waals surface area contributed by atoms with E-state index in [2.05, 4.69) is 236 Å². The van der Waals surface area contributed by atoms with Crippen molar-refractivity contribution in [2.45, 2.75) is 188 Å². The van der Waals surface area contributed by atoms with Gasteiger partial charge in [0.15, 0.2) is 0 Å². The highest BCUT2D eigenvalue weighted by atomic mass is 32.1. The number of nitrogens with zero attached hydrogens (tertiary/aromatic N) is 2. The number of anilines is 5. The summed E-state index contributed by atoms with van der Waals surface area (Å²) in [6, 6.07) is 38.8. The van der Waals surface area contributed by atoms with Gasteiger partial charge in [-0.15, -0.1) is 0 Å². The zero-order valence-electron chi connectivity index (χ0n) is 44.9. The van der Waals surface area contributed by atoms with Crippen molar-refractivity contribution in [3.8, 4) is 11.1 Å². The summed E-state index contributed by atoms with van der Waals surface area (Å²) in [6.45, 7) is 42.4. The molecule has 4 heteroatoms. The maximum absolute atomic E-state index is 2.80. The summed E-state index contributed by atoms with van der Waals surface area (Å²) in [5.41, 5.74) is 23.1. The molecule has 0 bridgehead atoms. The van der Waals surface area contributed by atoms with Gasteiger partial charge in [-0.1, -0.05) is 184 Å². The number of thiophene rings is 1. The Morgan fingerprint density at radius 3 is 1.72 bits per heavy atom. The topological polar surface area (TPSA) is 6.48 Å². The van der Waals surface area contributed by atoms with E-state index in [0.717, 1.165) is 13.0 Å². The van der Waals surface area contributed by atoms with Gasteiger partial charge in [0.2, 0.25) is 0 Å². The van der Waals surface area contributed by atoms with Crippen molar-refractivity contribution in [3.05, 3.63) is 141 Å². The summed E-state index contributed by atoms with van der Waals surface area (Å²) in [7, 11) is 0. The Morgan fingerprint density at radius 1 is 0.544 bits per heavy atom. The van der Waals surface area contributed by atoms with Crippen LogP contribution in [0.25, 0.3) is 11.1 Å². The number of hydrogen-bond acceptors (Lipinski definition) is 3. The Morgan fingerprint density at radius 2 is 1.10 bits per heavy atom. The normalized spacial score (nSPS) is 18.6. The van der Waals surface area contributed by atoms with E-state index in [4.69, 9.17) is 0 Å². The van der Waals surface area contributed by atoms with Crippen LogP contribution in [0.1, 0.15) is 187 Å². The molecule has 0 atom stereocenters. The van der Waals surface area contributed by atoms with Crippen molar-refractivity contribution >= 4 is 62.2 Å². The molecule has 2 aliphatic carbocycles. The second kappa shape index (κ2) is 15.5. The molecule has 0 unspecified atom stereocenters. The average molecular weight is 919 g/mol. The Hall–Kier alpha value is -4.54. The van der Waals surface area contributed by atoms with Crippen LogP contribution in [-0.4, -0.2) is 13.3 Å². The predicted octanol–water partition coefficient (Wildman–Crippen LogP) is 16.0. The van der Waals surface area contributed by atoms with Crippen molar-refractivity contribution in [2.24, 2.45) is 0 Å². The van der Waals surface area contributed by atoms with Gasteiger partial charge in [-0.05, 0) is 161 Å². The summed E-state index contributed by atoms with van der Waals surface area (Å²) in [5, 5.41) is 0. The van der Waals surface area contributed by atoms with E-state index in [1.165, 1.54) is 109 Å². The van der Waals surface area contributed by atoms with Crippen LogP contribution in [0.3, 0.4) is 0 Å². The molecule has 0 N–H and O–H groups in total. The number of hydrogen-bond donors (Lipinski definition) is 0. The molecule has 354 valence electrons. The van der Waals surface area contributed by atoms with Crippen molar-refractivity contribution < 1.29 is 0 Å². The standard InChI is InChI=1S/C64H79BN2S/c1-58(2,3)42-25-27-45(28-26-42)67-52-37-44(60(7,8)9)36-51-54(52)65(57-55(67)53-56(68-57)64(16,17)33-32-63(53,14)15)49-38-47-48(62(12,13)31-30-61(47,10)11)39-50(49)66(51)34-29-41-23-24-43(59(4,5)6)35-46(41)40-21-19-18-20-22-40/h18-28,35-39H,29-34H2,1-17H3. The molecule has 0 saturated heterocycles. The first-order valence-corrected chi connectivity index (χ1v) is 26.8. The Kier molecular flexibility index (Phi) is 10.7. The molecular formula is C64H79BN2S. The van der Waals surface area contributed by atoms with Gasteiger partial charge >= 0.3 is 0 Å². The van der Waals surface area contributed by atoms with Gasteiger partial charge in [-0.3, -0.25) is 0 Å². The van der Waals surface area contributed by atoms with Crippen LogP contribution < -0.4 is 25.5 Å². The van der Waals surface area contributed by atoms with Gasteiger partial charge in [0.05, 0.1) is 5.69 Å². The molecule has 2 aliphatic heterocycles. The van der Waals surface area contributed by atoms with Crippen LogP contribution in [0.15, 0.2) is 97.1 Å². The Labute approximate surface area is 416 Å². The van der Waals surface area contributed by atoms with Gasteiger partial charge in [0.1, 0.15) is 0 Å². The van der Waals surface area contributed by atoms with E-state index in [9.17, 15) is 0 Å². The van der Waals surface area contributed by atoms with E-state index >= 15 is 0 Å². The lowest BCUT2D eigenvalue weighted by Crippen LogP contribution is -2.62. The van der Waals surface area contributed by atoms with E-state index < -0.39 is 0 Å². The van der Waals surface area contributed by atoms with E-state index in [1.54, 1.807) is 16.0 Å². The predicted molar refractivity (Wildman–Crippen MR) is 299 cm³/mol. The zero-order chi connectivity index (χ0) is 48.9. The zero-order valence-corrected chi connectivity index (χ0v) is 45.7. The molecule has 0 spiro atoms. The van der Waals surface area contributed by atoms with Crippen molar-refractivity contribution in [3.63, 3.8) is 0 Å². The molecular weight excluding hydrogens is 840 g/mol. The Bertz CT molecular complexity index is 2960. The molecule has 1 aromatic heterocycles. The minimum Gasteiger partial charge on any atom is -0.342 e. The molecule has 0 amide bonds. The van der Waals surface area contributed by atoms with Gasteiger partial charge in [0.25, 0.3) is 6.71 Å². The highest BCUT2D eigenvalue weighted by Crippen LogP contribution is 2.57. The summed E-state index contributed by atoms with van der Waals surface area (Å²) in [5.74, 6) is 0. The van der Waals surface area contributed by atoms with Crippen LogP contribution in [0, 0.1) is 0 Å². The first kappa shape index (κ1) is 47.2. The third-order valence-corrected chi connectivity index (χ3v) is 18.8. The average Bonchev–Trinajstić information content (AvgIpc) is 3.68. The SMILES string of the molecule is CC(C)(C)c1ccc(N2c3cc(C(C)(C)C)cc4c3B(c3cc5c(cc3N4CCc3ccc(C(C)(C)C)cc3-c3ccccc3)C(C)(C)CCC5(C)C)c3sc4c(c32)C(C)(C)CCC4(C)C)cc1. The number of benzene rings is 5. The molecule has 10 rings (SSSR count). The second-order valence-corrected chi connectivity index (χ2v) is 28.2. The summed E-state index contributed by atoms with van der Waals surface area (Å²) in [4.78, 5) is 7.16. The Balaban J connectivity index is 1.29. The van der Waals surface area contributed by atoms with Crippen molar-refractivity contribution in [2.75, 3.05) is 16.3 Å². The van der Waals surface area contributed by atoms with Crippen molar-refractivity contribution in [1.29, 1.82) is 0 Å². The molecule has 2 nitrogen and oxygen atoms in total. The number of fused-ring (bicyclic) bond motifs is 7. The first-order valence-electron chi connectivity index (χ1n) is 26.0. The van der Waals surface area contributed by atoms with Gasteiger partial charge in [-0.25, -0.2) is 0 Å². The maximum Gasteiger partial charge on any atom is 0.264 e. The summed E-state index contributed by atoms with van der Waals surface area (Å²) < 4.78 is 1.54. The van der Waals surface area contributed by atoms with E-state index in [-0.39, 0.29) is 44.6 Å². The fourth-order valence-corrected chi connectivity index (χ4v) is 14.1. The summed E-state index contributed by atoms with van der Waals surface area (Å²) >= 11 is 2.16. The molecule has 4 aliphatic rings. The van der Waals surface area contributed by atoms with E-state index in [1.807, 2.05) is 0 Å². The molecule has 3 heterocycles. The van der Waals surface area contributed by atoms with Crippen molar-refractivity contribution in [1.82, 2.24) is 0 Å². The minimum absolute atomic E-state index is 0.0326. The third kappa shape index (κ3) is 7.64. The van der Waals surface area contributed by atoms with E-state index in [0.29, 0.717) is 0 Å². The van der Waals surface area contributed by atoms with Gasteiger partial charge < -0.3 is 9.80 Å². The monoisotopic (exact) mass is 919 g/mol. The molecule has 5 aromatic carbocycles. The molecule has 68 heavy (non-hydrogen) atoms. The molecule has 0 radical (unpaired) electrons. The van der Waals surface area contributed by atoms with Gasteiger partial charge in [0, 0.05) is 38.9 Å². The molecule has 0 saturated carbocycles. The third-order valence-electron chi connectivity index (χ3n) is 17.1. The second-order valence-electron chi connectivity index (χ2n) is 27.1. The highest BCUT2D eigenvalue weighted by Gasteiger charge is 2.52. The summed E-state index contributed by atoms with van der Waals surface area (Å²) in [6.07, 6.45) is 5.70. The maximum atomic E-state index is 2.80. The van der Waals surface area contributed by atoms with Crippen LogP contribution in [0.5, 0.6) is 0 Å². The fourth-order valence-electron chi connectivity index (χ4n) is 12.3. The van der Waals surface area contributed by atoms with Crippen LogP contribution in [0.2, 0.25) is 0 Å². The molecule has 6 aromatic rings. The van der Waals surface area contributed by atoms with Gasteiger partial charge in [-0.2, -0.15) is 11.3 Å². The number of rotatable bonds is 5. The fraction of sp³-hybridized carbons (Fsp3) is 0.469. The smallest absolute Gasteiger partial charge is 0.264 e. The first-order chi connectivity index (χ1) is 31.6. The molecule has 0 fully saturated rings. The highest BCUT2D eigenvalue weighted by molar-refractivity contribution is 7.29. The van der Waals surface area contributed by atoms with Crippen LogP contribution in [0.4, 0.5) is 28.4 Å². The minimum atomic E-state index is -0.0739. The van der Waals surface area contributed by atoms with Crippen LogP contribution in [-0.2, 0) is 44.3 Å².